The van der Waals surface area contributed by atoms with Crippen molar-refractivity contribution >= 4 is 10.1 Å². The summed E-state index contributed by atoms with van der Waals surface area (Å²) in [6, 6.07) is 8.09. The summed E-state index contributed by atoms with van der Waals surface area (Å²) in [6.07, 6.45) is 2.73. The Balaban J connectivity index is 1.42. The molecule has 1 aromatic rings. The van der Waals surface area contributed by atoms with Crippen molar-refractivity contribution in [3.05, 3.63) is 35.4 Å². The van der Waals surface area contributed by atoms with E-state index in [4.69, 9.17) is 4.18 Å². The molecule has 0 saturated carbocycles. The van der Waals surface area contributed by atoms with E-state index in [0.717, 1.165) is 50.8 Å². The smallest absolute Gasteiger partial charge is 0.264 e. The van der Waals surface area contributed by atoms with Gasteiger partial charge in [-0.3, -0.25) is 9.08 Å². The molecule has 1 unspecified atom stereocenters. The second kappa shape index (κ2) is 7.49. The van der Waals surface area contributed by atoms with Crippen LogP contribution in [0.15, 0.2) is 24.3 Å². The maximum absolute atomic E-state index is 11.0. The van der Waals surface area contributed by atoms with Gasteiger partial charge in [0, 0.05) is 19.6 Å². The Morgan fingerprint density at radius 3 is 2.62 bits per heavy atom. The first kappa shape index (κ1) is 17.8. The maximum atomic E-state index is 11.0. The molecular weight excluding hydrogens is 328 g/mol. The van der Waals surface area contributed by atoms with Crippen molar-refractivity contribution in [2.75, 3.05) is 39.0 Å². The van der Waals surface area contributed by atoms with Crippen LogP contribution in [0.2, 0.25) is 0 Å². The second-order valence-electron chi connectivity index (χ2n) is 6.81. The molecule has 0 bridgehead atoms. The van der Waals surface area contributed by atoms with E-state index in [1.54, 1.807) is 0 Å². The van der Waals surface area contributed by atoms with Gasteiger partial charge in [0.25, 0.3) is 10.1 Å². The number of hydrogen-bond donors (Lipinski definition) is 1. The number of rotatable bonds is 6. The lowest BCUT2D eigenvalue weighted by molar-refractivity contribution is -0.00409. The fourth-order valence-corrected chi connectivity index (χ4v) is 4.02. The Kier molecular flexibility index (Phi) is 5.56. The molecule has 0 spiro atoms. The lowest BCUT2D eigenvalue weighted by atomic mass is 9.96. The predicted octanol–water partition coefficient (Wildman–Crippen LogP) is 1.18. The van der Waals surface area contributed by atoms with Crippen LogP contribution in [0.1, 0.15) is 30.2 Å². The summed E-state index contributed by atoms with van der Waals surface area (Å²) in [4.78, 5) is 4.40. The van der Waals surface area contributed by atoms with E-state index in [9.17, 15) is 13.5 Å². The molecule has 1 saturated heterocycles. The van der Waals surface area contributed by atoms with Crippen molar-refractivity contribution in [1.29, 1.82) is 0 Å². The molecule has 3 rings (SSSR count). The molecule has 1 fully saturated rings. The second-order valence-corrected chi connectivity index (χ2v) is 8.46. The van der Waals surface area contributed by atoms with Crippen molar-refractivity contribution in [1.82, 2.24) is 9.80 Å². The molecule has 7 heteroatoms. The van der Waals surface area contributed by atoms with Crippen molar-refractivity contribution in [2.45, 2.75) is 25.6 Å². The summed E-state index contributed by atoms with van der Waals surface area (Å²) in [5, 5.41) is 10.5. The maximum Gasteiger partial charge on any atom is 0.264 e. The van der Waals surface area contributed by atoms with Crippen molar-refractivity contribution < 1.29 is 17.7 Å². The van der Waals surface area contributed by atoms with Crippen LogP contribution in [0, 0.1) is 5.92 Å². The zero-order valence-electron chi connectivity index (χ0n) is 14.1. The Bertz CT molecular complexity index is 656. The Morgan fingerprint density at radius 1 is 1.25 bits per heavy atom. The van der Waals surface area contributed by atoms with E-state index in [1.807, 2.05) is 18.2 Å². The largest absolute Gasteiger partial charge is 0.374 e. The van der Waals surface area contributed by atoms with Gasteiger partial charge in [-0.05, 0) is 43.0 Å². The number of hydrogen-bond acceptors (Lipinski definition) is 6. The van der Waals surface area contributed by atoms with Crippen molar-refractivity contribution in [2.24, 2.45) is 5.92 Å². The number of aliphatic hydroxyl groups is 1. The van der Waals surface area contributed by atoms with Crippen molar-refractivity contribution in [3.8, 4) is 0 Å². The molecule has 1 N–H and O–H groups in total. The number of fused-ring (bicyclic) bond motifs is 1. The first-order chi connectivity index (χ1) is 11.4. The highest BCUT2D eigenvalue weighted by molar-refractivity contribution is 7.85. The van der Waals surface area contributed by atoms with Crippen LogP contribution in [-0.2, 0) is 20.8 Å². The van der Waals surface area contributed by atoms with Gasteiger partial charge < -0.3 is 10.0 Å². The molecule has 0 aliphatic carbocycles. The summed E-state index contributed by atoms with van der Waals surface area (Å²) in [5.74, 6) is 0.570. The molecular formula is C17H26N2O4S. The Hall–Kier alpha value is -0.990. The fourth-order valence-electron chi connectivity index (χ4n) is 3.64. The fraction of sp³-hybridized carbons (Fsp3) is 0.647. The van der Waals surface area contributed by atoms with Crippen LogP contribution in [-0.4, -0.2) is 62.4 Å². The van der Waals surface area contributed by atoms with Gasteiger partial charge in [0.05, 0.1) is 12.9 Å². The number of piperidine rings is 1. The molecule has 2 aliphatic rings. The van der Waals surface area contributed by atoms with E-state index in [0.29, 0.717) is 12.5 Å². The van der Waals surface area contributed by atoms with E-state index < -0.39 is 16.3 Å². The SMILES string of the molecule is CS(=O)(=O)OCCN1CCC(CN2Cc3ccccc3C2O)CC1. The molecule has 134 valence electrons. The third-order valence-electron chi connectivity index (χ3n) is 4.96. The zero-order chi connectivity index (χ0) is 17.2. The first-order valence-electron chi connectivity index (χ1n) is 8.49. The molecule has 24 heavy (non-hydrogen) atoms. The van der Waals surface area contributed by atoms with Gasteiger partial charge in [0.1, 0.15) is 6.23 Å². The van der Waals surface area contributed by atoms with Crippen LogP contribution in [0.4, 0.5) is 0 Å². The lowest BCUT2D eigenvalue weighted by Crippen LogP contribution is -2.39. The highest BCUT2D eigenvalue weighted by Gasteiger charge is 2.30. The number of likely N-dealkylation sites (tertiary alicyclic amines) is 1. The summed E-state index contributed by atoms with van der Waals surface area (Å²) in [5.41, 5.74) is 2.26. The minimum atomic E-state index is -3.34. The molecule has 2 aliphatic heterocycles. The van der Waals surface area contributed by atoms with Gasteiger partial charge in [0.2, 0.25) is 0 Å². The summed E-state index contributed by atoms with van der Waals surface area (Å²) >= 11 is 0. The minimum absolute atomic E-state index is 0.226. The Labute approximate surface area is 144 Å². The zero-order valence-corrected chi connectivity index (χ0v) is 14.9. The van der Waals surface area contributed by atoms with Crippen LogP contribution < -0.4 is 0 Å². The van der Waals surface area contributed by atoms with Crippen molar-refractivity contribution in [3.63, 3.8) is 0 Å². The van der Waals surface area contributed by atoms with Crippen LogP contribution in [0.3, 0.4) is 0 Å². The van der Waals surface area contributed by atoms with Gasteiger partial charge in [-0.15, -0.1) is 0 Å². The topological polar surface area (TPSA) is 70.1 Å². The molecule has 0 aromatic heterocycles. The van der Waals surface area contributed by atoms with Gasteiger partial charge in [-0.1, -0.05) is 24.3 Å². The number of benzene rings is 1. The highest BCUT2D eigenvalue weighted by atomic mass is 32.2. The standard InChI is InChI=1S/C17H26N2O4S/c1-24(21,22)23-11-10-18-8-6-14(7-9-18)12-19-13-15-4-2-3-5-16(15)17(19)20/h2-5,14,17,20H,6-13H2,1H3. The van der Waals surface area contributed by atoms with Gasteiger partial charge in [-0.25, -0.2) is 0 Å². The van der Waals surface area contributed by atoms with Crippen LogP contribution in [0.25, 0.3) is 0 Å². The quantitative estimate of drug-likeness (QED) is 0.774. The monoisotopic (exact) mass is 354 g/mol. The van der Waals surface area contributed by atoms with E-state index in [2.05, 4.69) is 15.9 Å². The number of aliphatic hydroxyl groups excluding tert-OH is 1. The van der Waals surface area contributed by atoms with E-state index in [1.165, 1.54) is 5.56 Å². The number of nitrogens with zero attached hydrogens (tertiary/aromatic N) is 2. The summed E-state index contributed by atoms with van der Waals surface area (Å²) < 4.78 is 26.8. The molecule has 0 radical (unpaired) electrons. The molecule has 2 heterocycles. The minimum Gasteiger partial charge on any atom is -0.374 e. The highest BCUT2D eigenvalue weighted by Crippen LogP contribution is 2.33. The van der Waals surface area contributed by atoms with Gasteiger partial charge in [-0.2, -0.15) is 8.42 Å². The molecule has 6 nitrogen and oxygen atoms in total. The Morgan fingerprint density at radius 2 is 1.96 bits per heavy atom. The van der Waals surface area contributed by atoms with Gasteiger partial charge in [0.15, 0.2) is 0 Å². The van der Waals surface area contributed by atoms with E-state index >= 15 is 0 Å². The molecule has 0 amide bonds. The average Bonchev–Trinajstić information content (AvgIpc) is 2.85. The van der Waals surface area contributed by atoms with Crippen LogP contribution in [0.5, 0.6) is 0 Å². The normalized spacial score (nSPS) is 23.5. The third kappa shape index (κ3) is 4.55. The lowest BCUT2D eigenvalue weighted by Gasteiger charge is -2.34. The summed E-state index contributed by atoms with van der Waals surface area (Å²) in [6.45, 7) is 4.51. The molecule has 1 aromatic carbocycles. The predicted molar refractivity (Wildman–Crippen MR) is 91.8 cm³/mol. The van der Waals surface area contributed by atoms with E-state index in [-0.39, 0.29) is 6.61 Å². The average molecular weight is 354 g/mol. The molecule has 1 atom stereocenters. The third-order valence-corrected chi connectivity index (χ3v) is 5.55. The first-order valence-corrected chi connectivity index (χ1v) is 10.3. The van der Waals surface area contributed by atoms with Crippen LogP contribution >= 0.6 is 0 Å². The van der Waals surface area contributed by atoms with Gasteiger partial charge >= 0.3 is 0 Å². The summed E-state index contributed by atoms with van der Waals surface area (Å²) in [7, 11) is -3.34.